The van der Waals surface area contributed by atoms with E-state index < -0.39 is 24.1 Å². The molecule has 60 heavy (non-hydrogen) atoms. The molecule has 0 saturated heterocycles. The predicted molar refractivity (Wildman–Crippen MR) is 212 cm³/mol. The molecule has 4 aromatic carbocycles. The van der Waals surface area contributed by atoms with Gasteiger partial charge >= 0.3 is 11.9 Å². The number of carbonyl (C=O) groups is 2. The van der Waals surface area contributed by atoms with E-state index in [2.05, 4.69) is 9.80 Å². The summed E-state index contributed by atoms with van der Waals surface area (Å²) in [5, 5.41) is 0. The van der Waals surface area contributed by atoms with E-state index in [1.54, 1.807) is 40.6 Å². The smallest absolute Gasteiger partial charge is 0.343 e. The molecule has 6 aliphatic heterocycles. The Bertz CT molecular complexity index is 2230. The monoisotopic (exact) mass is 826 g/mol. The fraction of sp³-hybridized carbons (Fsp3) is 0.409. The second-order valence-corrected chi connectivity index (χ2v) is 15.0. The molecule has 0 N–H and O–H groups in total. The van der Waals surface area contributed by atoms with Gasteiger partial charge in [0.15, 0.2) is 46.0 Å². The number of rotatable bonds is 8. The summed E-state index contributed by atoms with van der Waals surface area (Å²) in [5.74, 6) is 4.71. The number of nitrogens with zero attached hydrogens (tertiary/aromatic N) is 2. The van der Waals surface area contributed by atoms with E-state index in [1.807, 2.05) is 38.4 Å². The minimum absolute atomic E-state index is 0.160. The van der Waals surface area contributed by atoms with Crippen molar-refractivity contribution >= 4 is 11.9 Å². The third-order valence-corrected chi connectivity index (χ3v) is 12.1. The lowest BCUT2D eigenvalue weighted by Crippen LogP contribution is -2.36. The number of benzene rings is 4. The van der Waals surface area contributed by atoms with Gasteiger partial charge in [-0.05, 0) is 62.3 Å². The van der Waals surface area contributed by atoms with Crippen molar-refractivity contribution in [1.82, 2.24) is 9.80 Å². The molecule has 4 atom stereocenters. The number of likely N-dealkylation sites (N-methyl/N-ethyl adjacent to an activating group) is 2. The minimum Gasteiger partial charge on any atom is -0.493 e. The van der Waals surface area contributed by atoms with Crippen molar-refractivity contribution in [2.45, 2.75) is 37.1 Å². The highest BCUT2D eigenvalue weighted by Crippen LogP contribution is 2.57. The summed E-state index contributed by atoms with van der Waals surface area (Å²) >= 11 is 0. The number of fused-ring (bicyclic) bond motifs is 6. The Kier molecular flexibility index (Phi) is 10.1. The Balaban J connectivity index is 0.000000154. The topological polar surface area (TPSA) is 151 Å². The normalized spacial score (nSPS) is 21.7. The van der Waals surface area contributed by atoms with E-state index >= 15 is 0 Å². The van der Waals surface area contributed by atoms with E-state index in [0.717, 1.165) is 59.3 Å². The molecular formula is C44H46N2O14. The van der Waals surface area contributed by atoms with E-state index in [1.165, 1.54) is 14.2 Å². The van der Waals surface area contributed by atoms with Crippen LogP contribution in [0.5, 0.6) is 57.5 Å². The molecule has 4 aromatic rings. The molecular weight excluding hydrogens is 780 g/mol. The van der Waals surface area contributed by atoms with Crippen molar-refractivity contribution in [2.75, 3.05) is 83.4 Å². The number of methoxy groups -OCH3 is 6. The van der Waals surface area contributed by atoms with Crippen LogP contribution in [0.15, 0.2) is 36.4 Å². The average molecular weight is 827 g/mol. The summed E-state index contributed by atoms with van der Waals surface area (Å²) in [7, 11) is 13.4. The summed E-state index contributed by atoms with van der Waals surface area (Å²) in [6, 6.07) is 10.9. The quantitative estimate of drug-likeness (QED) is 0.198. The molecule has 6 aliphatic rings. The number of esters is 2. The standard InChI is InChI=1S/2C22H23NO7/c2*1-23-8-7-11-9-14-20(29-10-28-14)21(27-4)15(11)17(23)18-12-5-6-13(25-2)19(26-3)16(12)22(24)30-18/h2*5-6,9,17-18H,7-8,10H2,1-4H3/t2*17-,18+/m11/s1. The van der Waals surface area contributed by atoms with Gasteiger partial charge in [-0.15, -0.1) is 0 Å². The zero-order valence-corrected chi connectivity index (χ0v) is 34.6. The summed E-state index contributed by atoms with van der Waals surface area (Å²) in [5.41, 5.74) is 6.45. The number of carbonyl (C=O) groups excluding carboxylic acids is 2. The molecule has 0 bridgehead atoms. The van der Waals surface area contributed by atoms with Gasteiger partial charge in [0.25, 0.3) is 0 Å². The maximum atomic E-state index is 12.9. The number of ether oxygens (including phenoxy) is 12. The Hall–Kier alpha value is -6.26. The predicted octanol–water partition coefficient (Wildman–Crippen LogP) is 5.76. The first-order valence-corrected chi connectivity index (χ1v) is 19.5. The van der Waals surface area contributed by atoms with Crippen molar-refractivity contribution < 1.29 is 66.4 Å². The molecule has 0 aliphatic carbocycles. The van der Waals surface area contributed by atoms with Crippen molar-refractivity contribution in [2.24, 2.45) is 0 Å². The molecule has 0 amide bonds. The highest BCUT2D eigenvalue weighted by molar-refractivity contribution is 5.99. The van der Waals surface area contributed by atoms with Crippen LogP contribution in [0.4, 0.5) is 0 Å². The lowest BCUT2D eigenvalue weighted by Gasteiger charge is -2.38. The molecule has 0 saturated carbocycles. The van der Waals surface area contributed by atoms with Crippen LogP contribution in [0, 0.1) is 0 Å². The molecule has 16 nitrogen and oxygen atoms in total. The van der Waals surface area contributed by atoms with Gasteiger partial charge in [0.05, 0.1) is 54.7 Å². The van der Waals surface area contributed by atoms with Crippen LogP contribution >= 0.6 is 0 Å². The fourth-order valence-electron chi connectivity index (χ4n) is 9.42. The molecule has 316 valence electrons. The molecule has 10 rings (SSSR count). The molecule has 0 fully saturated rings. The van der Waals surface area contributed by atoms with E-state index in [9.17, 15) is 9.59 Å². The Morgan fingerprint density at radius 3 is 1.30 bits per heavy atom. The number of cyclic esters (lactones) is 2. The van der Waals surface area contributed by atoms with Crippen molar-refractivity contribution in [3.63, 3.8) is 0 Å². The first-order valence-electron chi connectivity index (χ1n) is 19.5. The lowest BCUT2D eigenvalue weighted by atomic mass is 9.85. The van der Waals surface area contributed by atoms with E-state index in [4.69, 9.17) is 56.8 Å². The van der Waals surface area contributed by atoms with Crippen LogP contribution in [-0.4, -0.2) is 105 Å². The van der Waals surface area contributed by atoms with Crippen LogP contribution in [0.25, 0.3) is 0 Å². The van der Waals surface area contributed by atoms with Crippen LogP contribution in [-0.2, 0) is 22.3 Å². The Morgan fingerprint density at radius 1 is 0.533 bits per heavy atom. The van der Waals surface area contributed by atoms with Crippen LogP contribution < -0.4 is 47.4 Å². The summed E-state index contributed by atoms with van der Waals surface area (Å²) in [6.45, 7) is 1.93. The summed E-state index contributed by atoms with van der Waals surface area (Å²) in [6.07, 6.45) is 0.611. The molecule has 0 aromatic heterocycles. The van der Waals surface area contributed by atoms with Gasteiger partial charge in [-0.3, -0.25) is 9.80 Å². The average Bonchev–Trinajstić information content (AvgIpc) is 4.07. The first-order chi connectivity index (χ1) is 29.2. The van der Waals surface area contributed by atoms with Crippen LogP contribution in [0.2, 0.25) is 0 Å². The van der Waals surface area contributed by atoms with Gasteiger partial charge in [-0.2, -0.15) is 0 Å². The van der Waals surface area contributed by atoms with E-state index in [0.29, 0.717) is 68.6 Å². The Morgan fingerprint density at radius 2 is 0.933 bits per heavy atom. The SMILES string of the molecule is COc1ccc2c(c1OC)C(=O)O[C@@H]2[C@H]1c2c(cc3c(c2OC)OCO3)CCN1C.COc1ccc2c(c1OC)C(=O)O[C@@H]2[C@H]1c2c(cc3c(c2OC)OCO3)CCN1C. The van der Waals surface area contributed by atoms with Gasteiger partial charge in [-0.25, -0.2) is 9.59 Å². The van der Waals surface area contributed by atoms with Crippen molar-refractivity contribution in [3.8, 4) is 57.5 Å². The zero-order chi connectivity index (χ0) is 42.0. The van der Waals surface area contributed by atoms with Gasteiger partial charge in [0.2, 0.25) is 25.1 Å². The van der Waals surface area contributed by atoms with Crippen molar-refractivity contribution in [3.05, 3.63) is 80.9 Å². The highest BCUT2D eigenvalue weighted by atomic mass is 16.7. The third kappa shape index (κ3) is 5.94. The van der Waals surface area contributed by atoms with E-state index in [-0.39, 0.29) is 25.7 Å². The first kappa shape index (κ1) is 39.2. The highest BCUT2D eigenvalue weighted by Gasteiger charge is 2.48. The van der Waals surface area contributed by atoms with Gasteiger partial charge in [0, 0.05) is 35.3 Å². The third-order valence-electron chi connectivity index (χ3n) is 12.1. The maximum Gasteiger partial charge on any atom is 0.343 e. The number of hydrogen-bond acceptors (Lipinski definition) is 16. The molecule has 16 heteroatoms. The molecule has 0 unspecified atom stereocenters. The largest absolute Gasteiger partial charge is 0.493 e. The Labute approximate surface area is 346 Å². The summed E-state index contributed by atoms with van der Waals surface area (Å²) < 4.78 is 67.6. The fourth-order valence-corrected chi connectivity index (χ4v) is 9.42. The zero-order valence-electron chi connectivity index (χ0n) is 34.6. The van der Waals surface area contributed by atoms with Crippen LogP contribution in [0.3, 0.4) is 0 Å². The molecule has 0 spiro atoms. The van der Waals surface area contributed by atoms with Crippen LogP contribution in [0.1, 0.15) is 78.4 Å². The maximum absolute atomic E-state index is 12.9. The minimum atomic E-state index is -0.523. The second kappa shape index (κ2) is 15.4. The van der Waals surface area contributed by atoms with Gasteiger partial charge in [-0.1, -0.05) is 12.1 Å². The number of hydrogen-bond donors (Lipinski definition) is 0. The second-order valence-electron chi connectivity index (χ2n) is 15.0. The molecule has 6 heterocycles. The van der Waals surface area contributed by atoms with Gasteiger partial charge < -0.3 is 56.8 Å². The van der Waals surface area contributed by atoms with Crippen molar-refractivity contribution in [1.29, 1.82) is 0 Å². The molecule has 0 radical (unpaired) electrons. The lowest BCUT2D eigenvalue weighted by molar-refractivity contribution is 0.00806. The summed E-state index contributed by atoms with van der Waals surface area (Å²) in [4.78, 5) is 30.1. The van der Waals surface area contributed by atoms with Gasteiger partial charge in [0.1, 0.15) is 23.3 Å².